The van der Waals surface area contributed by atoms with E-state index in [0.717, 1.165) is 18.5 Å². The smallest absolute Gasteiger partial charge is 0.0827 e. The number of nitrogens with zero attached hydrogens (tertiary/aromatic N) is 3. The summed E-state index contributed by atoms with van der Waals surface area (Å²) in [5, 5.41) is 16.3. The average Bonchev–Trinajstić information content (AvgIpc) is 2.50. The highest BCUT2D eigenvalue weighted by Gasteiger charge is 1.98. The number of rotatable bonds is 5. The van der Waals surface area contributed by atoms with Gasteiger partial charge in [0, 0.05) is 6.20 Å². The van der Waals surface area contributed by atoms with E-state index in [0.29, 0.717) is 13.1 Å². The molecule has 12 heavy (non-hydrogen) atoms. The summed E-state index contributed by atoms with van der Waals surface area (Å²) >= 11 is 0. The SMILES string of the molecule is NCCCc1cn(CCO)nn1. The molecule has 1 rings (SSSR count). The minimum absolute atomic E-state index is 0.0969. The topological polar surface area (TPSA) is 77.0 Å². The molecule has 1 aromatic heterocycles. The largest absolute Gasteiger partial charge is 0.394 e. The van der Waals surface area contributed by atoms with Gasteiger partial charge in [-0.1, -0.05) is 5.21 Å². The third-order valence-electron chi connectivity index (χ3n) is 1.55. The van der Waals surface area contributed by atoms with Crippen molar-refractivity contribution in [2.24, 2.45) is 5.73 Å². The third-order valence-corrected chi connectivity index (χ3v) is 1.55. The zero-order chi connectivity index (χ0) is 8.81. The first-order chi connectivity index (χ1) is 5.86. The van der Waals surface area contributed by atoms with Crippen molar-refractivity contribution in [3.05, 3.63) is 11.9 Å². The first-order valence-electron chi connectivity index (χ1n) is 4.06. The zero-order valence-corrected chi connectivity index (χ0v) is 6.98. The van der Waals surface area contributed by atoms with E-state index < -0.39 is 0 Å². The molecule has 0 spiro atoms. The lowest BCUT2D eigenvalue weighted by atomic mass is 10.2. The molecule has 0 aliphatic heterocycles. The van der Waals surface area contributed by atoms with Gasteiger partial charge in [-0.05, 0) is 19.4 Å². The molecule has 0 fully saturated rings. The normalized spacial score (nSPS) is 10.5. The molecule has 0 bridgehead atoms. The van der Waals surface area contributed by atoms with Crippen molar-refractivity contribution >= 4 is 0 Å². The van der Waals surface area contributed by atoms with Gasteiger partial charge in [0.05, 0.1) is 18.8 Å². The molecule has 0 saturated carbocycles. The predicted molar refractivity (Wildman–Crippen MR) is 44.5 cm³/mol. The number of aliphatic hydroxyl groups is 1. The number of hydrogen-bond acceptors (Lipinski definition) is 4. The number of aryl methyl sites for hydroxylation is 1. The number of hydrogen-bond donors (Lipinski definition) is 2. The number of nitrogens with two attached hydrogens (primary N) is 1. The van der Waals surface area contributed by atoms with Crippen LogP contribution in [0.4, 0.5) is 0 Å². The van der Waals surface area contributed by atoms with Crippen molar-refractivity contribution in [2.75, 3.05) is 13.2 Å². The minimum atomic E-state index is 0.0969. The van der Waals surface area contributed by atoms with Gasteiger partial charge < -0.3 is 10.8 Å². The fourth-order valence-corrected chi connectivity index (χ4v) is 0.948. The standard InChI is InChI=1S/C7H14N4O/c8-3-1-2-7-6-11(4-5-12)10-9-7/h6,12H,1-5,8H2. The van der Waals surface area contributed by atoms with E-state index in [1.54, 1.807) is 4.68 Å². The van der Waals surface area contributed by atoms with Crippen LogP contribution in [-0.4, -0.2) is 33.3 Å². The van der Waals surface area contributed by atoms with Gasteiger partial charge in [-0.25, -0.2) is 4.68 Å². The Bertz CT molecular complexity index is 223. The van der Waals surface area contributed by atoms with Crippen LogP contribution in [0.15, 0.2) is 6.20 Å². The van der Waals surface area contributed by atoms with Gasteiger partial charge in [-0.15, -0.1) is 5.10 Å². The van der Waals surface area contributed by atoms with Crippen molar-refractivity contribution in [2.45, 2.75) is 19.4 Å². The van der Waals surface area contributed by atoms with E-state index in [-0.39, 0.29) is 6.61 Å². The second-order valence-electron chi connectivity index (χ2n) is 2.59. The van der Waals surface area contributed by atoms with Crippen LogP contribution in [0.5, 0.6) is 0 Å². The Labute approximate surface area is 71.2 Å². The lowest BCUT2D eigenvalue weighted by Crippen LogP contribution is -2.02. The van der Waals surface area contributed by atoms with Gasteiger partial charge in [0.25, 0.3) is 0 Å². The third kappa shape index (κ3) is 2.60. The monoisotopic (exact) mass is 170 g/mol. The molecule has 0 atom stereocenters. The van der Waals surface area contributed by atoms with Crippen LogP contribution in [-0.2, 0) is 13.0 Å². The van der Waals surface area contributed by atoms with Gasteiger partial charge in [-0.3, -0.25) is 0 Å². The van der Waals surface area contributed by atoms with E-state index in [1.165, 1.54) is 0 Å². The van der Waals surface area contributed by atoms with Gasteiger partial charge in [0.2, 0.25) is 0 Å². The first-order valence-corrected chi connectivity index (χ1v) is 4.06. The maximum Gasteiger partial charge on any atom is 0.0827 e. The summed E-state index contributed by atoms with van der Waals surface area (Å²) in [6.45, 7) is 1.28. The van der Waals surface area contributed by atoms with Crippen LogP contribution in [0.1, 0.15) is 12.1 Å². The van der Waals surface area contributed by atoms with Crippen LogP contribution in [0.3, 0.4) is 0 Å². The summed E-state index contributed by atoms with van der Waals surface area (Å²) < 4.78 is 1.63. The Kier molecular flexibility index (Phi) is 3.69. The van der Waals surface area contributed by atoms with Gasteiger partial charge in [-0.2, -0.15) is 0 Å². The molecule has 5 heteroatoms. The summed E-state index contributed by atoms with van der Waals surface area (Å²) in [7, 11) is 0. The van der Waals surface area contributed by atoms with E-state index in [1.807, 2.05) is 6.20 Å². The molecule has 0 radical (unpaired) electrons. The van der Waals surface area contributed by atoms with Crippen LogP contribution in [0, 0.1) is 0 Å². The fraction of sp³-hybridized carbons (Fsp3) is 0.714. The van der Waals surface area contributed by atoms with Crippen molar-refractivity contribution in [1.82, 2.24) is 15.0 Å². The Morgan fingerprint density at radius 2 is 2.42 bits per heavy atom. The maximum atomic E-state index is 8.60. The Hall–Kier alpha value is -0.940. The summed E-state index contributed by atoms with van der Waals surface area (Å²) in [6.07, 6.45) is 3.63. The first kappa shape index (κ1) is 9.15. The van der Waals surface area contributed by atoms with E-state index >= 15 is 0 Å². The highest BCUT2D eigenvalue weighted by Crippen LogP contribution is 1.96. The van der Waals surface area contributed by atoms with E-state index in [2.05, 4.69) is 10.3 Å². The molecule has 0 amide bonds. The summed E-state index contributed by atoms with van der Waals surface area (Å²) in [4.78, 5) is 0. The highest BCUT2D eigenvalue weighted by atomic mass is 16.3. The summed E-state index contributed by atoms with van der Waals surface area (Å²) in [5.74, 6) is 0. The van der Waals surface area contributed by atoms with E-state index in [9.17, 15) is 0 Å². The average molecular weight is 170 g/mol. The second kappa shape index (κ2) is 4.84. The molecule has 3 N–H and O–H groups in total. The van der Waals surface area contributed by atoms with Crippen LogP contribution in [0.25, 0.3) is 0 Å². The van der Waals surface area contributed by atoms with Crippen LogP contribution in [0.2, 0.25) is 0 Å². The highest BCUT2D eigenvalue weighted by molar-refractivity contribution is 4.92. The Morgan fingerprint density at radius 3 is 3.08 bits per heavy atom. The molecular formula is C7H14N4O. The molecule has 1 aromatic rings. The molecule has 0 aliphatic rings. The Morgan fingerprint density at radius 1 is 1.58 bits per heavy atom. The van der Waals surface area contributed by atoms with Crippen molar-refractivity contribution in [1.29, 1.82) is 0 Å². The number of aromatic nitrogens is 3. The van der Waals surface area contributed by atoms with E-state index in [4.69, 9.17) is 10.8 Å². The molecule has 0 aliphatic carbocycles. The molecule has 0 unspecified atom stereocenters. The van der Waals surface area contributed by atoms with Crippen molar-refractivity contribution < 1.29 is 5.11 Å². The van der Waals surface area contributed by atoms with Gasteiger partial charge >= 0.3 is 0 Å². The minimum Gasteiger partial charge on any atom is -0.394 e. The van der Waals surface area contributed by atoms with Gasteiger partial charge in [0.1, 0.15) is 0 Å². The summed E-state index contributed by atoms with van der Waals surface area (Å²) in [5.41, 5.74) is 6.29. The molecule has 0 saturated heterocycles. The Balaban J connectivity index is 2.41. The van der Waals surface area contributed by atoms with Crippen molar-refractivity contribution in [3.8, 4) is 0 Å². The lowest BCUT2D eigenvalue weighted by molar-refractivity contribution is 0.268. The van der Waals surface area contributed by atoms with Crippen LogP contribution >= 0.6 is 0 Å². The molecule has 5 nitrogen and oxygen atoms in total. The molecule has 0 aromatic carbocycles. The van der Waals surface area contributed by atoms with Crippen molar-refractivity contribution in [3.63, 3.8) is 0 Å². The number of aliphatic hydroxyl groups excluding tert-OH is 1. The molecule has 68 valence electrons. The maximum absolute atomic E-state index is 8.60. The van der Waals surface area contributed by atoms with Crippen LogP contribution < -0.4 is 5.73 Å². The fourth-order valence-electron chi connectivity index (χ4n) is 0.948. The second-order valence-corrected chi connectivity index (χ2v) is 2.59. The lowest BCUT2D eigenvalue weighted by Gasteiger charge is -1.92. The quantitative estimate of drug-likeness (QED) is 0.604. The van der Waals surface area contributed by atoms with Gasteiger partial charge in [0.15, 0.2) is 0 Å². The molecule has 1 heterocycles. The summed E-state index contributed by atoms with van der Waals surface area (Å²) in [6, 6.07) is 0. The zero-order valence-electron chi connectivity index (χ0n) is 6.98. The molecular weight excluding hydrogens is 156 g/mol. The predicted octanol–water partition coefficient (Wildman–Crippen LogP) is -0.838.